The summed E-state index contributed by atoms with van der Waals surface area (Å²) in [7, 11) is 0. The Morgan fingerprint density at radius 3 is 2.44 bits per heavy atom. The Hall–Kier alpha value is -1.42. The molecule has 0 aromatic heterocycles. The average Bonchev–Trinajstić information content (AvgIpc) is 2.37. The van der Waals surface area contributed by atoms with Crippen molar-refractivity contribution in [3.8, 4) is 0 Å². The van der Waals surface area contributed by atoms with Gasteiger partial charge in [-0.2, -0.15) is 0 Å². The van der Waals surface area contributed by atoms with E-state index >= 15 is 0 Å². The summed E-state index contributed by atoms with van der Waals surface area (Å²) >= 11 is 6.28. The first-order valence-corrected chi connectivity index (χ1v) is 5.98. The van der Waals surface area contributed by atoms with E-state index < -0.39 is 0 Å². The Bertz CT molecular complexity index is 540. The zero-order valence-electron chi connectivity index (χ0n) is 9.95. The van der Waals surface area contributed by atoms with Gasteiger partial charge in [0.15, 0.2) is 0 Å². The molecule has 0 aliphatic carbocycles. The molecule has 1 atom stereocenters. The molecule has 0 amide bonds. The predicted molar refractivity (Wildman–Crippen MR) is 71.8 cm³/mol. The Morgan fingerprint density at radius 2 is 1.83 bits per heavy atom. The molecule has 0 aliphatic rings. The maximum atomic E-state index is 12.9. The lowest BCUT2D eigenvalue weighted by atomic mass is 9.98. The van der Waals surface area contributed by atoms with Gasteiger partial charge in [0.2, 0.25) is 0 Å². The molecule has 0 radical (unpaired) electrons. The summed E-state index contributed by atoms with van der Waals surface area (Å²) in [6.45, 7) is 1.93. The molecule has 0 spiro atoms. The van der Waals surface area contributed by atoms with Gasteiger partial charge in [0.05, 0.1) is 6.04 Å². The van der Waals surface area contributed by atoms with E-state index in [9.17, 15) is 4.39 Å². The van der Waals surface area contributed by atoms with E-state index in [1.165, 1.54) is 12.1 Å². The summed E-state index contributed by atoms with van der Waals surface area (Å²) < 4.78 is 12.9. The minimum absolute atomic E-state index is 0.252. The van der Waals surface area contributed by atoms with E-state index in [-0.39, 0.29) is 11.9 Å². The highest BCUT2D eigenvalue weighted by molar-refractivity contribution is 6.32. The quantitative estimate of drug-likeness (QED) is 0.659. The highest BCUT2D eigenvalue weighted by Crippen LogP contribution is 2.29. The molecule has 3 N–H and O–H groups in total. The number of hydrogen-bond donors (Lipinski definition) is 2. The number of halogens is 2. The standard InChI is InChI=1S/C14H14ClFN2/c1-9-3-2-4-12(13(9)15)14(18-17)10-5-7-11(16)8-6-10/h2-8,14,18H,17H2,1H3. The van der Waals surface area contributed by atoms with Gasteiger partial charge >= 0.3 is 0 Å². The number of benzene rings is 2. The fraction of sp³-hybridized carbons (Fsp3) is 0.143. The SMILES string of the molecule is Cc1cccc(C(NN)c2ccc(F)cc2)c1Cl. The van der Waals surface area contributed by atoms with Gasteiger partial charge in [-0.15, -0.1) is 0 Å². The van der Waals surface area contributed by atoms with Crippen molar-refractivity contribution in [2.75, 3.05) is 0 Å². The van der Waals surface area contributed by atoms with E-state index in [1.807, 2.05) is 25.1 Å². The van der Waals surface area contributed by atoms with Crippen LogP contribution in [0.15, 0.2) is 42.5 Å². The monoisotopic (exact) mass is 264 g/mol. The van der Waals surface area contributed by atoms with Crippen LogP contribution >= 0.6 is 11.6 Å². The van der Waals surface area contributed by atoms with E-state index in [2.05, 4.69) is 5.43 Å². The number of hydrogen-bond acceptors (Lipinski definition) is 2. The van der Waals surface area contributed by atoms with Crippen LogP contribution in [0.25, 0.3) is 0 Å². The van der Waals surface area contributed by atoms with Gasteiger partial charge in [-0.25, -0.2) is 9.82 Å². The summed E-state index contributed by atoms with van der Waals surface area (Å²) in [4.78, 5) is 0. The molecule has 0 saturated carbocycles. The maximum absolute atomic E-state index is 12.9. The summed E-state index contributed by atoms with van der Waals surface area (Å²) in [5, 5.41) is 0.671. The molecule has 2 rings (SSSR count). The first-order chi connectivity index (χ1) is 8.63. The van der Waals surface area contributed by atoms with E-state index in [0.29, 0.717) is 5.02 Å². The van der Waals surface area contributed by atoms with Crippen molar-refractivity contribution >= 4 is 11.6 Å². The summed E-state index contributed by atoms with van der Waals surface area (Å²) in [6, 6.07) is 11.7. The fourth-order valence-electron chi connectivity index (χ4n) is 1.91. The molecule has 2 aromatic carbocycles. The van der Waals surface area contributed by atoms with Crippen LogP contribution in [0, 0.1) is 12.7 Å². The molecule has 0 aliphatic heterocycles. The third kappa shape index (κ3) is 2.53. The van der Waals surface area contributed by atoms with Gasteiger partial charge in [0, 0.05) is 5.02 Å². The largest absolute Gasteiger partial charge is 0.271 e. The second-order valence-electron chi connectivity index (χ2n) is 4.13. The maximum Gasteiger partial charge on any atom is 0.123 e. The zero-order valence-corrected chi connectivity index (χ0v) is 10.7. The number of hydrazine groups is 1. The molecule has 1 unspecified atom stereocenters. The zero-order chi connectivity index (χ0) is 13.1. The second kappa shape index (κ2) is 5.48. The fourth-order valence-corrected chi connectivity index (χ4v) is 2.15. The molecule has 0 bridgehead atoms. The number of nitrogens with two attached hydrogens (primary N) is 1. The van der Waals surface area contributed by atoms with Crippen LogP contribution in [0.5, 0.6) is 0 Å². The summed E-state index contributed by atoms with van der Waals surface area (Å²) in [5.74, 6) is 5.32. The highest BCUT2D eigenvalue weighted by atomic mass is 35.5. The highest BCUT2D eigenvalue weighted by Gasteiger charge is 2.16. The average molecular weight is 265 g/mol. The van der Waals surface area contributed by atoms with E-state index in [0.717, 1.165) is 16.7 Å². The molecule has 2 aromatic rings. The van der Waals surface area contributed by atoms with Crippen LogP contribution in [0.1, 0.15) is 22.7 Å². The predicted octanol–water partition coefficient (Wildman–Crippen LogP) is 3.34. The van der Waals surface area contributed by atoms with Gasteiger partial charge in [0.1, 0.15) is 5.82 Å². The minimum atomic E-state index is -0.273. The van der Waals surface area contributed by atoms with Crippen LogP contribution < -0.4 is 11.3 Å². The molecule has 18 heavy (non-hydrogen) atoms. The molecular weight excluding hydrogens is 251 g/mol. The molecule has 0 saturated heterocycles. The summed E-state index contributed by atoms with van der Waals surface area (Å²) in [6.07, 6.45) is 0. The van der Waals surface area contributed by atoms with Gasteiger partial charge in [-0.1, -0.05) is 41.9 Å². The Morgan fingerprint density at radius 1 is 1.17 bits per heavy atom. The lowest BCUT2D eigenvalue weighted by Crippen LogP contribution is -2.29. The normalized spacial score (nSPS) is 12.4. The molecule has 94 valence electrons. The van der Waals surface area contributed by atoms with Crippen molar-refractivity contribution in [1.29, 1.82) is 0 Å². The lowest BCUT2D eigenvalue weighted by Gasteiger charge is -2.19. The first kappa shape index (κ1) is 13.0. The van der Waals surface area contributed by atoms with Crippen molar-refractivity contribution in [2.24, 2.45) is 5.84 Å². The Labute approximate surface area is 111 Å². The second-order valence-corrected chi connectivity index (χ2v) is 4.51. The van der Waals surface area contributed by atoms with Crippen LogP contribution in [-0.2, 0) is 0 Å². The van der Waals surface area contributed by atoms with Crippen molar-refractivity contribution in [3.63, 3.8) is 0 Å². The third-order valence-corrected chi connectivity index (χ3v) is 3.42. The van der Waals surface area contributed by atoms with Crippen LogP contribution in [0.3, 0.4) is 0 Å². The number of rotatable bonds is 3. The minimum Gasteiger partial charge on any atom is -0.271 e. The molecule has 0 fully saturated rings. The number of nitrogens with one attached hydrogen (secondary N) is 1. The molecule has 0 heterocycles. The van der Waals surface area contributed by atoms with Crippen molar-refractivity contribution in [2.45, 2.75) is 13.0 Å². The third-order valence-electron chi connectivity index (χ3n) is 2.90. The molecule has 4 heteroatoms. The van der Waals surface area contributed by atoms with Crippen molar-refractivity contribution in [1.82, 2.24) is 5.43 Å². The van der Waals surface area contributed by atoms with Crippen LogP contribution in [0.2, 0.25) is 5.02 Å². The van der Waals surface area contributed by atoms with Crippen LogP contribution in [0.4, 0.5) is 4.39 Å². The van der Waals surface area contributed by atoms with Crippen LogP contribution in [-0.4, -0.2) is 0 Å². The first-order valence-electron chi connectivity index (χ1n) is 5.60. The van der Waals surface area contributed by atoms with Gasteiger partial charge in [-0.05, 0) is 35.7 Å². The smallest absolute Gasteiger partial charge is 0.123 e. The van der Waals surface area contributed by atoms with Gasteiger partial charge in [-0.3, -0.25) is 5.84 Å². The van der Waals surface area contributed by atoms with Crippen molar-refractivity contribution in [3.05, 3.63) is 70.0 Å². The molecular formula is C14H14ClFN2. The lowest BCUT2D eigenvalue weighted by molar-refractivity contribution is 0.615. The van der Waals surface area contributed by atoms with Crippen molar-refractivity contribution < 1.29 is 4.39 Å². The van der Waals surface area contributed by atoms with E-state index in [4.69, 9.17) is 17.4 Å². The summed E-state index contributed by atoms with van der Waals surface area (Å²) in [5.41, 5.74) is 5.45. The number of aryl methyl sites for hydroxylation is 1. The topological polar surface area (TPSA) is 38.0 Å². The van der Waals surface area contributed by atoms with Gasteiger partial charge < -0.3 is 0 Å². The molecule has 2 nitrogen and oxygen atoms in total. The van der Waals surface area contributed by atoms with Gasteiger partial charge in [0.25, 0.3) is 0 Å². The Balaban J connectivity index is 2.45. The Kier molecular flexibility index (Phi) is 3.97. The van der Waals surface area contributed by atoms with E-state index in [1.54, 1.807) is 12.1 Å².